The van der Waals surface area contributed by atoms with Crippen molar-refractivity contribution in [2.24, 2.45) is 0 Å². The highest BCUT2D eigenvalue weighted by molar-refractivity contribution is 6.09. The topological polar surface area (TPSA) is 37.4 Å². The number of nitrogens with zero attached hydrogens (tertiary/aromatic N) is 1. The maximum absolute atomic E-state index is 14.8. The maximum Gasteiger partial charge on any atom is 0.275 e. The van der Waals surface area contributed by atoms with Crippen molar-refractivity contribution in [2.45, 2.75) is 33.1 Å². The third-order valence-electron chi connectivity index (χ3n) is 4.73. The van der Waals surface area contributed by atoms with Gasteiger partial charge in [0, 0.05) is 29.7 Å². The highest BCUT2D eigenvalue weighted by atomic mass is 19.3. The second-order valence-electron chi connectivity index (χ2n) is 6.92. The molecule has 2 aromatic carbocycles. The van der Waals surface area contributed by atoms with Crippen molar-refractivity contribution in [2.75, 3.05) is 11.4 Å². The Bertz CT molecular complexity index is 947. The van der Waals surface area contributed by atoms with Crippen LogP contribution < -0.4 is 4.90 Å². The number of amides is 1. The van der Waals surface area contributed by atoms with Gasteiger partial charge in [0.15, 0.2) is 5.78 Å². The van der Waals surface area contributed by atoms with Crippen LogP contribution in [0.3, 0.4) is 0 Å². The minimum absolute atomic E-state index is 0.134. The Labute approximate surface area is 157 Å². The molecular formula is C22H21F2NO2. The summed E-state index contributed by atoms with van der Waals surface area (Å²) < 4.78 is 29.6. The zero-order valence-corrected chi connectivity index (χ0v) is 15.6. The van der Waals surface area contributed by atoms with Crippen LogP contribution in [0.5, 0.6) is 0 Å². The summed E-state index contributed by atoms with van der Waals surface area (Å²) in [6.07, 6.45) is 0.432. The summed E-state index contributed by atoms with van der Waals surface area (Å²) in [7, 11) is 0. The molecule has 2 aromatic rings. The van der Waals surface area contributed by atoms with Crippen molar-refractivity contribution >= 4 is 23.0 Å². The van der Waals surface area contributed by atoms with Crippen LogP contribution in [0.25, 0.3) is 5.57 Å². The SMILES string of the molecule is CC(=O)/C=C1/c2ccccc2N(C(=O)c2ccc(C)cc2C)CCC1(F)F. The van der Waals surface area contributed by atoms with E-state index in [4.69, 9.17) is 0 Å². The van der Waals surface area contributed by atoms with Crippen LogP contribution in [0.15, 0.2) is 48.5 Å². The van der Waals surface area contributed by atoms with Gasteiger partial charge in [0.2, 0.25) is 0 Å². The first-order valence-electron chi connectivity index (χ1n) is 8.80. The molecular weight excluding hydrogens is 348 g/mol. The van der Waals surface area contributed by atoms with E-state index in [1.807, 2.05) is 26.0 Å². The highest BCUT2D eigenvalue weighted by Gasteiger charge is 2.41. The molecule has 0 radical (unpaired) electrons. The molecule has 1 aliphatic heterocycles. The Morgan fingerprint density at radius 1 is 1.11 bits per heavy atom. The van der Waals surface area contributed by atoms with Crippen LogP contribution in [-0.2, 0) is 4.79 Å². The summed E-state index contributed by atoms with van der Waals surface area (Å²) in [6, 6.07) is 12.0. The average molecular weight is 369 g/mol. The molecule has 0 aromatic heterocycles. The zero-order chi connectivity index (χ0) is 19.8. The monoisotopic (exact) mass is 369 g/mol. The molecule has 3 rings (SSSR count). The smallest absolute Gasteiger partial charge is 0.275 e. The van der Waals surface area contributed by atoms with Gasteiger partial charge in [-0.3, -0.25) is 9.59 Å². The van der Waals surface area contributed by atoms with Crippen LogP contribution in [0.1, 0.15) is 40.4 Å². The molecule has 0 fully saturated rings. The maximum atomic E-state index is 14.8. The van der Waals surface area contributed by atoms with E-state index >= 15 is 0 Å². The van der Waals surface area contributed by atoms with Gasteiger partial charge < -0.3 is 4.90 Å². The fourth-order valence-corrected chi connectivity index (χ4v) is 3.44. The molecule has 0 saturated carbocycles. The molecule has 27 heavy (non-hydrogen) atoms. The third kappa shape index (κ3) is 3.68. The molecule has 1 heterocycles. The van der Waals surface area contributed by atoms with Gasteiger partial charge in [-0.25, -0.2) is 8.78 Å². The summed E-state index contributed by atoms with van der Waals surface area (Å²) in [5, 5.41) is 0. The Kier molecular flexibility index (Phi) is 4.96. The predicted molar refractivity (Wildman–Crippen MR) is 102 cm³/mol. The fourth-order valence-electron chi connectivity index (χ4n) is 3.44. The second-order valence-corrected chi connectivity index (χ2v) is 6.92. The lowest BCUT2D eigenvalue weighted by molar-refractivity contribution is -0.112. The van der Waals surface area contributed by atoms with E-state index in [0.717, 1.165) is 17.2 Å². The first-order chi connectivity index (χ1) is 12.7. The number of anilines is 1. The van der Waals surface area contributed by atoms with Gasteiger partial charge in [-0.1, -0.05) is 35.9 Å². The molecule has 1 amide bonds. The number of ketones is 1. The fraction of sp³-hybridized carbons (Fsp3) is 0.273. The van der Waals surface area contributed by atoms with Crippen LogP contribution in [0.2, 0.25) is 0 Å². The first-order valence-corrected chi connectivity index (χ1v) is 8.80. The van der Waals surface area contributed by atoms with Crippen LogP contribution in [-0.4, -0.2) is 24.2 Å². The summed E-state index contributed by atoms with van der Waals surface area (Å²) in [5.41, 5.74) is 2.59. The van der Waals surface area contributed by atoms with E-state index in [1.54, 1.807) is 24.3 Å². The molecule has 0 atom stereocenters. The van der Waals surface area contributed by atoms with Crippen LogP contribution >= 0.6 is 0 Å². The number of fused-ring (bicyclic) bond motifs is 1. The number of allylic oxidation sites excluding steroid dienone is 2. The predicted octanol–water partition coefficient (Wildman–Crippen LogP) is 4.96. The minimum atomic E-state index is -3.20. The van der Waals surface area contributed by atoms with Crippen molar-refractivity contribution in [3.05, 3.63) is 70.8 Å². The van der Waals surface area contributed by atoms with E-state index in [1.165, 1.54) is 17.9 Å². The lowest BCUT2D eigenvalue weighted by Gasteiger charge is -2.23. The number of hydrogen-bond acceptors (Lipinski definition) is 2. The van der Waals surface area contributed by atoms with Crippen molar-refractivity contribution < 1.29 is 18.4 Å². The third-order valence-corrected chi connectivity index (χ3v) is 4.73. The molecule has 5 heteroatoms. The number of benzene rings is 2. The molecule has 0 N–H and O–H groups in total. The van der Waals surface area contributed by atoms with Gasteiger partial charge in [-0.2, -0.15) is 0 Å². The number of aryl methyl sites for hydroxylation is 2. The molecule has 0 unspecified atom stereocenters. The Morgan fingerprint density at radius 2 is 1.81 bits per heavy atom. The van der Waals surface area contributed by atoms with E-state index in [-0.39, 0.29) is 23.6 Å². The summed E-state index contributed by atoms with van der Waals surface area (Å²) >= 11 is 0. The molecule has 0 saturated heterocycles. The molecule has 3 nitrogen and oxygen atoms in total. The Morgan fingerprint density at radius 3 is 2.48 bits per heavy atom. The largest absolute Gasteiger partial charge is 0.308 e. The van der Waals surface area contributed by atoms with E-state index in [2.05, 4.69) is 0 Å². The second kappa shape index (κ2) is 7.06. The first kappa shape index (κ1) is 19.0. The highest BCUT2D eigenvalue weighted by Crippen LogP contribution is 2.43. The number of para-hydroxylation sites is 1. The lowest BCUT2D eigenvalue weighted by atomic mass is 9.96. The average Bonchev–Trinajstić information content (AvgIpc) is 2.69. The number of carbonyl (C=O) groups is 2. The van der Waals surface area contributed by atoms with Gasteiger partial charge >= 0.3 is 0 Å². The number of alkyl halides is 2. The van der Waals surface area contributed by atoms with Gasteiger partial charge in [0.05, 0.1) is 5.69 Å². The van der Waals surface area contributed by atoms with Crippen molar-refractivity contribution in [3.8, 4) is 0 Å². The Balaban J connectivity index is 2.15. The normalized spacial score (nSPS) is 17.4. The number of halogens is 2. The summed E-state index contributed by atoms with van der Waals surface area (Å²) in [4.78, 5) is 26.1. The van der Waals surface area contributed by atoms with E-state index in [0.29, 0.717) is 11.3 Å². The quantitative estimate of drug-likeness (QED) is 0.702. The Hall–Kier alpha value is -2.82. The van der Waals surface area contributed by atoms with Gasteiger partial charge in [0.25, 0.3) is 11.8 Å². The standard InChI is InChI=1S/C22H21F2NO2/c1-14-8-9-17(15(2)12-14)21(27)25-11-10-22(23,24)19(13-16(3)26)18-6-4-5-7-20(18)25/h4-9,12-13H,10-11H2,1-3H3/b19-13-. The minimum Gasteiger partial charge on any atom is -0.308 e. The van der Waals surface area contributed by atoms with Crippen molar-refractivity contribution in [1.82, 2.24) is 0 Å². The van der Waals surface area contributed by atoms with Crippen LogP contribution in [0, 0.1) is 13.8 Å². The zero-order valence-electron chi connectivity index (χ0n) is 15.6. The van der Waals surface area contributed by atoms with Crippen molar-refractivity contribution in [3.63, 3.8) is 0 Å². The number of hydrogen-bond donors (Lipinski definition) is 0. The summed E-state index contributed by atoms with van der Waals surface area (Å²) in [5.74, 6) is -3.97. The lowest BCUT2D eigenvalue weighted by Crippen LogP contribution is -2.33. The van der Waals surface area contributed by atoms with Crippen LogP contribution in [0.4, 0.5) is 14.5 Å². The van der Waals surface area contributed by atoms with Gasteiger partial charge in [0.1, 0.15) is 0 Å². The van der Waals surface area contributed by atoms with Gasteiger partial charge in [-0.05, 0) is 44.5 Å². The van der Waals surface area contributed by atoms with E-state index < -0.39 is 18.1 Å². The molecule has 0 bridgehead atoms. The molecule has 0 aliphatic carbocycles. The molecule has 0 spiro atoms. The number of rotatable bonds is 2. The summed E-state index contributed by atoms with van der Waals surface area (Å²) in [6.45, 7) is 4.88. The number of carbonyl (C=O) groups excluding carboxylic acids is 2. The molecule has 1 aliphatic rings. The van der Waals surface area contributed by atoms with E-state index in [9.17, 15) is 18.4 Å². The van der Waals surface area contributed by atoms with Crippen molar-refractivity contribution in [1.29, 1.82) is 0 Å². The molecule has 140 valence electrons. The van der Waals surface area contributed by atoms with Gasteiger partial charge in [-0.15, -0.1) is 0 Å².